The fourth-order valence-electron chi connectivity index (χ4n) is 1.36. The molecule has 0 unspecified atom stereocenters. The van der Waals surface area contributed by atoms with E-state index >= 15 is 0 Å². The normalized spacial score (nSPS) is 10.2. The molecule has 15 heavy (non-hydrogen) atoms. The summed E-state index contributed by atoms with van der Waals surface area (Å²) in [7, 11) is 0. The zero-order valence-electron chi connectivity index (χ0n) is 8.43. The molecule has 76 valence electrons. The van der Waals surface area contributed by atoms with Crippen molar-refractivity contribution in [2.45, 2.75) is 13.3 Å². The Morgan fingerprint density at radius 3 is 2.67 bits per heavy atom. The minimum atomic E-state index is 0.0885. The van der Waals surface area contributed by atoms with Gasteiger partial charge in [0.05, 0.1) is 5.01 Å². The van der Waals surface area contributed by atoms with E-state index in [1.54, 1.807) is 0 Å². The molecule has 1 aromatic heterocycles. The van der Waals surface area contributed by atoms with Crippen molar-refractivity contribution in [3.8, 4) is 0 Å². The molecule has 0 aliphatic carbocycles. The van der Waals surface area contributed by atoms with Crippen LogP contribution in [-0.2, 0) is 6.42 Å². The minimum Gasteiger partial charge on any atom is -0.292 e. The first kappa shape index (κ1) is 10.1. The van der Waals surface area contributed by atoms with Crippen LogP contribution in [0.4, 0.5) is 0 Å². The predicted octanol–water partition coefficient (Wildman–Crippen LogP) is 2.88. The molecule has 0 amide bonds. The molecule has 0 radical (unpaired) electrons. The van der Waals surface area contributed by atoms with Crippen LogP contribution in [0.3, 0.4) is 0 Å². The molecule has 0 saturated heterocycles. The lowest BCUT2D eigenvalue weighted by atomic mass is 10.1. The quantitative estimate of drug-likeness (QED) is 0.740. The van der Waals surface area contributed by atoms with Crippen LogP contribution < -0.4 is 0 Å². The molecule has 2 nitrogen and oxygen atoms in total. The summed E-state index contributed by atoms with van der Waals surface area (Å²) in [6.07, 6.45) is 0.435. The molecule has 0 aliphatic heterocycles. The Hall–Kier alpha value is -1.48. The van der Waals surface area contributed by atoms with Crippen molar-refractivity contribution in [1.82, 2.24) is 4.98 Å². The van der Waals surface area contributed by atoms with Gasteiger partial charge in [-0.1, -0.05) is 30.3 Å². The number of hydrogen-bond acceptors (Lipinski definition) is 3. The predicted molar refractivity (Wildman–Crippen MR) is 61.3 cm³/mol. The van der Waals surface area contributed by atoms with Gasteiger partial charge in [0.1, 0.15) is 5.69 Å². The summed E-state index contributed by atoms with van der Waals surface area (Å²) >= 11 is 1.51. The average Bonchev–Trinajstić information content (AvgIpc) is 2.66. The topological polar surface area (TPSA) is 30.0 Å². The Kier molecular flexibility index (Phi) is 2.92. The lowest BCUT2D eigenvalue weighted by Gasteiger charge is -1.97. The zero-order chi connectivity index (χ0) is 10.7. The fourth-order valence-corrected chi connectivity index (χ4v) is 1.98. The molecular weight excluding hydrogens is 206 g/mol. The van der Waals surface area contributed by atoms with Gasteiger partial charge in [-0.3, -0.25) is 4.79 Å². The molecule has 0 fully saturated rings. The van der Waals surface area contributed by atoms with E-state index in [-0.39, 0.29) is 5.78 Å². The summed E-state index contributed by atoms with van der Waals surface area (Å²) in [6.45, 7) is 1.91. The minimum absolute atomic E-state index is 0.0885. The third-order valence-electron chi connectivity index (χ3n) is 2.11. The number of carbonyl (C=O) groups is 1. The molecule has 3 heteroatoms. The van der Waals surface area contributed by atoms with Crippen LogP contribution in [0.15, 0.2) is 35.7 Å². The van der Waals surface area contributed by atoms with E-state index in [1.165, 1.54) is 11.3 Å². The SMILES string of the molecule is Cc1nc(C(=O)Cc2ccccc2)cs1. The van der Waals surface area contributed by atoms with Crippen LogP contribution in [0, 0.1) is 6.92 Å². The molecule has 0 N–H and O–H groups in total. The fraction of sp³-hybridized carbons (Fsp3) is 0.167. The second kappa shape index (κ2) is 4.36. The molecular formula is C12H11NOS. The second-order valence-corrected chi connectivity index (χ2v) is 4.40. The highest BCUT2D eigenvalue weighted by Crippen LogP contribution is 2.11. The molecule has 0 aliphatic rings. The molecule has 2 rings (SSSR count). The van der Waals surface area contributed by atoms with Crippen LogP contribution in [0.1, 0.15) is 21.1 Å². The summed E-state index contributed by atoms with van der Waals surface area (Å²) in [6, 6.07) is 9.74. The summed E-state index contributed by atoms with van der Waals surface area (Å²) in [5.41, 5.74) is 1.62. The van der Waals surface area contributed by atoms with Crippen LogP contribution in [0.2, 0.25) is 0 Å². The Labute approximate surface area is 92.6 Å². The van der Waals surface area contributed by atoms with Gasteiger partial charge in [0, 0.05) is 11.8 Å². The van der Waals surface area contributed by atoms with Crippen LogP contribution >= 0.6 is 11.3 Å². The van der Waals surface area contributed by atoms with Crippen molar-refractivity contribution in [2.75, 3.05) is 0 Å². The van der Waals surface area contributed by atoms with Crippen molar-refractivity contribution in [1.29, 1.82) is 0 Å². The van der Waals surface area contributed by atoms with Gasteiger partial charge in [-0.2, -0.15) is 0 Å². The number of aryl methyl sites for hydroxylation is 1. The lowest BCUT2D eigenvalue weighted by molar-refractivity contribution is 0.0989. The van der Waals surface area contributed by atoms with E-state index in [1.807, 2.05) is 42.6 Å². The van der Waals surface area contributed by atoms with Gasteiger partial charge in [-0.15, -0.1) is 11.3 Å². The number of aromatic nitrogens is 1. The number of carbonyl (C=O) groups excluding carboxylic acids is 1. The third-order valence-corrected chi connectivity index (χ3v) is 2.89. The van der Waals surface area contributed by atoms with Crippen LogP contribution in [-0.4, -0.2) is 10.8 Å². The third kappa shape index (κ3) is 2.50. The Balaban J connectivity index is 2.11. The van der Waals surface area contributed by atoms with Gasteiger partial charge < -0.3 is 0 Å². The van der Waals surface area contributed by atoms with Gasteiger partial charge in [0.2, 0.25) is 0 Å². The van der Waals surface area contributed by atoms with Gasteiger partial charge in [-0.25, -0.2) is 4.98 Å². The first-order chi connectivity index (χ1) is 7.25. The first-order valence-electron chi connectivity index (χ1n) is 4.75. The standard InChI is InChI=1S/C12H11NOS/c1-9-13-11(8-15-9)12(14)7-10-5-3-2-4-6-10/h2-6,8H,7H2,1H3. The number of Topliss-reactive ketones (excluding diaryl/α,β-unsaturated/α-hetero) is 1. The van der Waals surface area contributed by atoms with Gasteiger partial charge >= 0.3 is 0 Å². The van der Waals surface area contributed by atoms with Crippen molar-refractivity contribution in [3.05, 3.63) is 52.0 Å². The Morgan fingerprint density at radius 2 is 2.07 bits per heavy atom. The number of hydrogen-bond donors (Lipinski definition) is 0. The summed E-state index contributed by atoms with van der Waals surface area (Å²) in [4.78, 5) is 15.9. The van der Waals surface area contributed by atoms with E-state index in [2.05, 4.69) is 4.98 Å². The molecule has 1 heterocycles. The highest BCUT2D eigenvalue weighted by molar-refractivity contribution is 7.09. The largest absolute Gasteiger partial charge is 0.292 e. The van der Waals surface area contributed by atoms with E-state index in [0.29, 0.717) is 12.1 Å². The van der Waals surface area contributed by atoms with Crippen LogP contribution in [0.5, 0.6) is 0 Å². The number of nitrogens with zero attached hydrogens (tertiary/aromatic N) is 1. The second-order valence-electron chi connectivity index (χ2n) is 3.34. The van der Waals surface area contributed by atoms with Crippen molar-refractivity contribution in [3.63, 3.8) is 0 Å². The molecule has 2 aromatic rings. The molecule has 1 aromatic carbocycles. The molecule has 0 spiro atoms. The number of ketones is 1. The van der Waals surface area contributed by atoms with Crippen molar-refractivity contribution in [2.24, 2.45) is 0 Å². The highest BCUT2D eigenvalue weighted by Gasteiger charge is 2.09. The molecule has 0 bridgehead atoms. The zero-order valence-corrected chi connectivity index (χ0v) is 9.25. The molecule has 0 saturated carbocycles. The molecule has 0 atom stereocenters. The summed E-state index contributed by atoms with van der Waals surface area (Å²) in [5.74, 6) is 0.0885. The number of benzene rings is 1. The lowest BCUT2D eigenvalue weighted by Crippen LogP contribution is -2.03. The smallest absolute Gasteiger partial charge is 0.186 e. The summed E-state index contributed by atoms with van der Waals surface area (Å²) in [5, 5.41) is 2.76. The maximum Gasteiger partial charge on any atom is 0.186 e. The van der Waals surface area contributed by atoms with E-state index in [9.17, 15) is 4.79 Å². The Morgan fingerprint density at radius 1 is 1.33 bits per heavy atom. The summed E-state index contributed by atoms with van der Waals surface area (Å²) < 4.78 is 0. The van der Waals surface area contributed by atoms with E-state index < -0.39 is 0 Å². The first-order valence-corrected chi connectivity index (χ1v) is 5.63. The van der Waals surface area contributed by atoms with Gasteiger partial charge in [-0.05, 0) is 12.5 Å². The van der Waals surface area contributed by atoms with E-state index in [4.69, 9.17) is 0 Å². The van der Waals surface area contributed by atoms with Crippen molar-refractivity contribution < 1.29 is 4.79 Å². The highest BCUT2D eigenvalue weighted by atomic mass is 32.1. The van der Waals surface area contributed by atoms with Gasteiger partial charge in [0.25, 0.3) is 0 Å². The van der Waals surface area contributed by atoms with E-state index in [0.717, 1.165) is 10.6 Å². The monoisotopic (exact) mass is 217 g/mol. The van der Waals surface area contributed by atoms with Crippen molar-refractivity contribution >= 4 is 17.1 Å². The maximum absolute atomic E-state index is 11.8. The maximum atomic E-state index is 11.8. The van der Waals surface area contributed by atoms with Gasteiger partial charge in [0.15, 0.2) is 5.78 Å². The average molecular weight is 217 g/mol. The Bertz CT molecular complexity index is 461. The van der Waals surface area contributed by atoms with Crippen LogP contribution in [0.25, 0.3) is 0 Å². The number of thiazole rings is 1. The number of rotatable bonds is 3.